The van der Waals surface area contributed by atoms with Gasteiger partial charge in [0.15, 0.2) is 0 Å². The zero-order chi connectivity index (χ0) is 13.7. The number of ether oxygens (including phenoxy) is 1. The summed E-state index contributed by atoms with van der Waals surface area (Å²) in [5, 5.41) is 0. The summed E-state index contributed by atoms with van der Waals surface area (Å²) >= 11 is 4.49. The van der Waals surface area contributed by atoms with Crippen LogP contribution in [0.15, 0.2) is 20.1 Å². The quantitative estimate of drug-likeness (QED) is 0.773. The molecule has 8 heteroatoms. The van der Waals surface area contributed by atoms with E-state index in [1.165, 1.54) is 11.3 Å². The molecule has 1 aromatic heterocycles. The molecule has 2 rings (SSSR count). The number of nitrogens with zero attached hydrogens (tertiary/aromatic N) is 1. The van der Waals surface area contributed by atoms with Crippen molar-refractivity contribution in [1.82, 2.24) is 9.62 Å². The smallest absolute Gasteiger partial charge is 0.250 e. The summed E-state index contributed by atoms with van der Waals surface area (Å²) < 4.78 is 33.0. The molecule has 0 aromatic carbocycles. The van der Waals surface area contributed by atoms with Crippen molar-refractivity contribution in [3.8, 4) is 0 Å². The maximum absolute atomic E-state index is 11.9. The van der Waals surface area contributed by atoms with Crippen molar-refractivity contribution in [1.29, 1.82) is 0 Å². The average molecular weight is 369 g/mol. The van der Waals surface area contributed by atoms with Crippen LogP contribution in [0.25, 0.3) is 0 Å². The van der Waals surface area contributed by atoms with Crippen LogP contribution in [-0.2, 0) is 14.8 Å². The summed E-state index contributed by atoms with van der Waals surface area (Å²) in [6.45, 7) is 4.79. The summed E-state index contributed by atoms with van der Waals surface area (Å²) in [4.78, 5) is 2.29. The lowest BCUT2D eigenvalue weighted by Crippen LogP contribution is -2.38. The van der Waals surface area contributed by atoms with Crippen LogP contribution in [0, 0.1) is 0 Å². The van der Waals surface area contributed by atoms with Crippen LogP contribution in [0.2, 0.25) is 0 Å². The van der Waals surface area contributed by atoms with E-state index in [2.05, 4.69) is 25.6 Å². The third kappa shape index (κ3) is 4.80. The van der Waals surface area contributed by atoms with E-state index >= 15 is 0 Å². The summed E-state index contributed by atoms with van der Waals surface area (Å²) in [5.74, 6) is 0. The fraction of sp³-hybridized carbons (Fsp3) is 0.636. The Balaban J connectivity index is 1.72. The zero-order valence-corrected chi connectivity index (χ0v) is 13.7. The number of hydrogen-bond acceptors (Lipinski definition) is 5. The molecule has 0 bridgehead atoms. The average Bonchev–Trinajstić information content (AvgIpc) is 2.84. The fourth-order valence-corrected chi connectivity index (χ4v) is 4.98. The third-order valence-electron chi connectivity index (χ3n) is 2.86. The number of thiophene rings is 1. The monoisotopic (exact) mass is 368 g/mol. The Morgan fingerprint density at radius 1 is 1.37 bits per heavy atom. The minimum absolute atomic E-state index is 0.353. The summed E-state index contributed by atoms with van der Waals surface area (Å²) in [5.41, 5.74) is 0. The van der Waals surface area contributed by atoms with Crippen LogP contribution >= 0.6 is 27.3 Å². The van der Waals surface area contributed by atoms with Gasteiger partial charge in [0.1, 0.15) is 4.21 Å². The van der Waals surface area contributed by atoms with E-state index in [1.807, 2.05) is 0 Å². The van der Waals surface area contributed by atoms with E-state index in [0.29, 0.717) is 10.8 Å². The van der Waals surface area contributed by atoms with Crippen LogP contribution in [-0.4, -0.2) is 52.7 Å². The SMILES string of the molecule is O=S(=O)(NCCCN1CCOCC1)c1ccc(Br)s1. The van der Waals surface area contributed by atoms with Crippen molar-refractivity contribution in [2.24, 2.45) is 0 Å². The van der Waals surface area contributed by atoms with Crippen molar-refractivity contribution < 1.29 is 13.2 Å². The maximum atomic E-state index is 11.9. The first-order valence-corrected chi connectivity index (χ1v) is 9.22. The van der Waals surface area contributed by atoms with E-state index < -0.39 is 10.0 Å². The Bertz CT molecular complexity index is 498. The highest BCUT2D eigenvalue weighted by molar-refractivity contribution is 9.11. The molecule has 5 nitrogen and oxygen atoms in total. The lowest BCUT2D eigenvalue weighted by atomic mass is 10.3. The number of rotatable bonds is 6. The van der Waals surface area contributed by atoms with Crippen molar-refractivity contribution in [3.05, 3.63) is 15.9 Å². The lowest BCUT2D eigenvalue weighted by molar-refractivity contribution is 0.0376. The van der Waals surface area contributed by atoms with Crippen molar-refractivity contribution in [3.63, 3.8) is 0 Å². The topological polar surface area (TPSA) is 58.6 Å². The van der Waals surface area contributed by atoms with Crippen molar-refractivity contribution in [2.45, 2.75) is 10.6 Å². The summed E-state index contributed by atoms with van der Waals surface area (Å²) in [6.07, 6.45) is 0.811. The molecule has 108 valence electrons. The van der Waals surface area contributed by atoms with Gasteiger partial charge in [0, 0.05) is 19.6 Å². The normalized spacial score (nSPS) is 17.7. The number of hydrogen-bond donors (Lipinski definition) is 1. The molecule has 0 saturated carbocycles. The largest absolute Gasteiger partial charge is 0.379 e. The first-order chi connectivity index (χ1) is 9.08. The summed E-state index contributed by atoms with van der Waals surface area (Å²) in [7, 11) is -3.35. The highest BCUT2D eigenvalue weighted by Crippen LogP contribution is 2.25. The Hall–Kier alpha value is 0.01000. The number of sulfonamides is 1. The molecule has 1 aromatic rings. The van der Waals surface area contributed by atoms with Crippen molar-refractivity contribution >= 4 is 37.3 Å². The van der Waals surface area contributed by atoms with Gasteiger partial charge in [-0.3, -0.25) is 4.90 Å². The van der Waals surface area contributed by atoms with Gasteiger partial charge in [-0.2, -0.15) is 0 Å². The number of nitrogens with one attached hydrogen (secondary N) is 1. The highest BCUT2D eigenvalue weighted by Gasteiger charge is 2.16. The molecule has 0 unspecified atom stereocenters. The molecule has 1 saturated heterocycles. The van der Waals surface area contributed by atoms with Gasteiger partial charge < -0.3 is 4.74 Å². The second kappa shape index (κ2) is 7.14. The van der Waals surface area contributed by atoms with E-state index in [1.54, 1.807) is 12.1 Å². The van der Waals surface area contributed by atoms with E-state index in [4.69, 9.17) is 4.74 Å². The predicted octanol–water partition coefficient (Wildman–Crippen LogP) is 1.51. The fourth-order valence-electron chi connectivity index (χ4n) is 1.85. The Labute approximate surface area is 126 Å². The van der Waals surface area contributed by atoms with Crippen molar-refractivity contribution in [2.75, 3.05) is 39.4 Å². The van der Waals surface area contributed by atoms with Gasteiger partial charge in [-0.15, -0.1) is 11.3 Å². The van der Waals surface area contributed by atoms with Gasteiger partial charge in [-0.25, -0.2) is 13.1 Å². The Kier molecular flexibility index (Phi) is 5.79. The molecule has 1 aliphatic heterocycles. The molecule has 0 atom stereocenters. The maximum Gasteiger partial charge on any atom is 0.250 e. The summed E-state index contributed by atoms with van der Waals surface area (Å²) in [6, 6.07) is 3.35. The molecule has 0 aliphatic carbocycles. The molecule has 1 N–H and O–H groups in total. The van der Waals surface area contributed by atoms with Crippen LogP contribution in [0.4, 0.5) is 0 Å². The van der Waals surface area contributed by atoms with E-state index in [0.717, 1.165) is 43.1 Å². The van der Waals surface area contributed by atoms with Crippen LogP contribution in [0.3, 0.4) is 0 Å². The lowest BCUT2D eigenvalue weighted by Gasteiger charge is -2.26. The first kappa shape index (κ1) is 15.4. The van der Waals surface area contributed by atoms with Crippen LogP contribution < -0.4 is 4.72 Å². The molecule has 19 heavy (non-hydrogen) atoms. The molecule has 0 radical (unpaired) electrons. The molecular weight excluding hydrogens is 352 g/mol. The number of morpholine rings is 1. The molecule has 1 fully saturated rings. The molecule has 1 aliphatic rings. The van der Waals surface area contributed by atoms with Crippen LogP contribution in [0.1, 0.15) is 6.42 Å². The van der Waals surface area contributed by atoms with E-state index in [-0.39, 0.29) is 0 Å². The first-order valence-electron chi connectivity index (χ1n) is 6.13. The zero-order valence-electron chi connectivity index (χ0n) is 10.5. The Morgan fingerprint density at radius 3 is 2.74 bits per heavy atom. The second-order valence-electron chi connectivity index (χ2n) is 4.26. The van der Waals surface area contributed by atoms with Gasteiger partial charge in [-0.1, -0.05) is 0 Å². The number of halogens is 1. The minimum Gasteiger partial charge on any atom is -0.379 e. The molecule has 0 spiro atoms. The Morgan fingerprint density at radius 2 is 2.11 bits per heavy atom. The van der Waals surface area contributed by atoms with Gasteiger partial charge >= 0.3 is 0 Å². The third-order valence-corrected chi connectivity index (χ3v) is 6.44. The van der Waals surface area contributed by atoms with E-state index in [9.17, 15) is 8.42 Å². The molecule has 0 amide bonds. The van der Waals surface area contributed by atoms with Gasteiger partial charge in [0.05, 0.1) is 17.0 Å². The highest BCUT2D eigenvalue weighted by atomic mass is 79.9. The minimum atomic E-state index is -3.35. The molecular formula is C11H17BrN2O3S2. The van der Waals surface area contributed by atoms with Gasteiger partial charge in [0.25, 0.3) is 0 Å². The predicted molar refractivity (Wildman–Crippen MR) is 79.1 cm³/mol. The van der Waals surface area contributed by atoms with Gasteiger partial charge in [-0.05, 0) is 41.0 Å². The standard InChI is InChI=1S/C11H17BrN2O3S2/c12-10-2-3-11(18-10)19(15,16)13-4-1-5-14-6-8-17-9-7-14/h2-3,13H,1,4-9H2. The van der Waals surface area contributed by atoms with Gasteiger partial charge in [0.2, 0.25) is 10.0 Å². The second-order valence-corrected chi connectivity index (χ2v) is 8.72. The van der Waals surface area contributed by atoms with Crippen LogP contribution in [0.5, 0.6) is 0 Å². The molecule has 2 heterocycles.